The van der Waals surface area contributed by atoms with Gasteiger partial charge >= 0.3 is 0 Å². The number of fused-ring (bicyclic) bond motifs is 10. The van der Waals surface area contributed by atoms with Gasteiger partial charge in [0.1, 0.15) is 0 Å². The standard InChI is InChI=1S/C45H41N3/c1-43(2)32-13-5-7-15-34(32)45(35-16-8-6-14-33(35)43)31-25-24-30(27-29(31)22-21-28-23-26-38(46)42(47)41(28)45)48-39-19-11-9-17-36(39)44(3,4)37-18-10-12-20-40(37)48/h5-20,23-27H,21-22,46-47H2,1-4H3. The minimum absolute atomic E-state index is 0.110. The van der Waals surface area contributed by atoms with Crippen LogP contribution in [0.4, 0.5) is 28.4 Å². The van der Waals surface area contributed by atoms with E-state index in [9.17, 15) is 0 Å². The molecule has 0 fully saturated rings. The van der Waals surface area contributed by atoms with Gasteiger partial charge in [0.15, 0.2) is 0 Å². The lowest BCUT2D eigenvalue weighted by Crippen LogP contribution is -2.43. The van der Waals surface area contributed by atoms with Crippen LogP contribution in [0.15, 0.2) is 127 Å². The molecule has 1 aliphatic heterocycles. The van der Waals surface area contributed by atoms with Gasteiger partial charge in [0, 0.05) is 16.5 Å². The molecule has 236 valence electrons. The van der Waals surface area contributed by atoms with Gasteiger partial charge in [-0.1, -0.05) is 125 Å². The molecule has 0 aromatic heterocycles. The minimum atomic E-state index is -0.623. The van der Waals surface area contributed by atoms with E-state index in [0.717, 1.165) is 18.4 Å². The van der Waals surface area contributed by atoms with Crippen LogP contribution in [0, 0.1) is 0 Å². The van der Waals surface area contributed by atoms with Crippen LogP contribution >= 0.6 is 0 Å². The van der Waals surface area contributed by atoms with Crippen molar-refractivity contribution in [3.63, 3.8) is 0 Å². The zero-order chi connectivity index (χ0) is 33.0. The van der Waals surface area contributed by atoms with Crippen molar-refractivity contribution in [3.8, 4) is 0 Å². The smallest absolute Gasteiger partial charge is 0.0733 e. The van der Waals surface area contributed by atoms with Gasteiger partial charge in [-0.05, 0) is 98.8 Å². The van der Waals surface area contributed by atoms with E-state index in [2.05, 4.69) is 154 Å². The molecule has 6 aromatic carbocycles. The molecule has 0 amide bonds. The Bertz CT molecular complexity index is 2190. The number of nitrogen functional groups attached to an aromatic ring is 2. The Morgan fingerprint density at radius 2 is 0.958 bits per heavy atom. The number of benzene rings is 6. The number of aryl methyl sites for hydroxylation is 2. The third-order valence-electron chi connectivity index (χ3n) is 11.8. The van der Waals surface area contributed by atoms with Gasteiger partial charge in [-0.25, -0.2) is 0 Å². The second-order valence-electron chi connectivity index (χ2n) is 14.9. The van der Waals surface area contributed by atoms with Crippen molar-refractivity contribution < 1.29 is 0 Å². The first-order chi connectivity index (χ1) is 23.2. The highest BCUT2D eigenvalue weighted by molar-refractivity contribution is 5.87. The third kappa shape index (κ3) is 3.59. The summed E-state index contributed by atoms with van der Waals surface area (Å²) in [6, 6.07) is 47.2. The topological polar surface area (TPSA) is 55.3 Å². The molecule has 3 heteroatoms. The van der Waals surface area contributed by atoms with Gasteiger partial charge < -0.3 is 16.4 Å². The first kappa shape index (κ1) is 28.9. The molecule has 48 heavy (non-hydrogen) atoms. The van der Waals surface area contributed by atoms with E-state index in [0.29, 0.717) is 11.4 Å². The summed E-state index contributed by atoms with van der Waals surface area (Å²) in [7, 11) is 0. The molecule has 1 spiro atoms. The fourth-order valence-corrected chi connectivity index (χ4v) is 9.54. The lowest BCUT2D eigenvalue weighted by molar-refractivity contribution is 0.558. The van der Waals surface area contributed by atoms with Crippen LogP contribution in [0.3, 0.4) is 0 Å². The van der Waals surface area contributed by atoms with Crippen LogP contribution in [-0.2, 0) is 29.1 Å². The molecule has 9 rings (SSSR count). The molecule has 4 N–H and O–H groups in total. The molecule has 3 aliphatic rings. The monoisotopic (exact) mass is 623 g/mol. The molecule has 0 radical (unpaired) electrons. The third-order valence-corrected chi connectivity index (χ3v) is 11.8. The predicted molar refractivity (Wildman–Crippen MR) is 200 cm³/mol. The Hall–Kier alpha value is -5.28. The highest BCUT2D eigenvalue weighted by atomic mass is 15.2. The van der Waals surface area contributed by atoms with Crippen molar-refractivity contribution >= 4 is 28.4 Å². The van der Waals surface area contributed by atoms with Gasteiger partial charge in [0.05, 0.1) is 28.2 Å². The Labute approximate surface area is 283 Å². The molecule has 1 heterocycles. The van der Waals surface area contributed by atoms with Gasteiger partial charge in [-0.2, -0.15) is 0 Å². The Kier molecular flexibility index (Phi) is 5.94. The second-order valence-corrected chi connectivity index (χ2v) is 14.9. The summed E-state index contributed by atoms with van der Waals surface area (Å²) < 4.78 is 0. The molecule has 0 bridgehead atoms. The highest BCUT2D eigenvalue weighted by Gasteiger charge is 2.52. The number of rotatable bonds is 1. The number of nitrogens with two attached hydrogens (primary N) is 2. The second kappa shape index (κ2) is 9.87. The van der Waals surface area contributed by atoms with Crippen molar-refractivity contribution in [2.45, 2.75) is 56.8 Å². The maximum absolute atomic E-state index is 7.16. The summed E-state index contributed by atoms with van der Waals surface area (Å²) in [5.41, 5.74) is 30.9. The SMILES string of the molecule is CC1(C)c2ccccc2N(c2ccc3c(c2)CCc2ccc(N)c(N)c2C32c3ccccc3C(C)(C)c3ccccc32)c2ccccc21. The summed E-state index contributed by atoms with van der Waals surface area (Å²) in [6.07, 6.45) is 1.78. The van der Waals surface area contributed by atoms with Crippen LogP contribution in [0.5, 0.6) is 0 Å². The fourth-order valence-electron chi connectivity index (χ4n) is 9.54. The fraction of sp³-hybridized carbons (Fsp3) is 0.200. The van der Waals surface area contributed by atoms with Crippen molar-refractivity contribution in [3.05, 3.63) is 183 Å². The van der Waals surface area contributed by atoms with Crippen LogP contribution in [0.25, 0.3) is 0 Å². The van der Waals surface area contributed by atoms with Crippen molar-refractivity contribution in [2.75, 3.05) is 16.4 Å². The van der Waals surface area contributed by atoms with Crippen LogP contribution in [0.1, 0.15) is 83.3 Å². The number of para-hydroxylation sites is 2. The molecule has 0 atom stereocenters. The highest BCUT2D eigenvalue weighted by Crippen LogP contribution is 2.60. The first-order valence-electron chi connectivity index (χ1n) is 17.2. The first-order valence-corrected chi connectivity index (χ1v) is 17.2. The normalized spacial score (nSPS) is 17.2. The molecule has 6 aromatic rings. The van der Waals surface area contributed by atoms with E-state index < -0.39 is 5.41 Å². The van der Waals surface area contributed by atoms with Crippen LogP contribution < -0.4 is 16.4 Å². The molecular weight excluding hydrogens is 583 g/mol. The van der Waals surface area contributed by atoms with E-state index in [1.54, 1.807) is 0 Å². The molecule has 0 saturated carbocycles. The summed E-state index contributed by atoms with van der Waals surface area (Å²) in [5.74, 6) is 0. The zero-order valence-corrected chi connectivity index (χ0v) is 28.1. The van der Waals surface area contributed by atoms with E-state index >= 15 is 0 Å². The molecular formula is C45H41N3. The summed E-state index contributed by atoms with van der Waals surface area (Å²) in [4.78, 5) is 2.47. The number of anilines is 5. The molecule has 0 unspecified atom stereocenters. The Morgan fingerprint density at radius 1 is 0.479 bits per heavy atom. The molecule has 2 aliphatic carbocycles. The van der Waals surface area contributed by atoms with Crippen molar-refractivity contribution in [1.29, 1.82) is 0 Å². The van der Waals surface area contributed by atoms with E-state index in [1.165, 1.54) is 67.1 Å². The minimum Gasteiger partial charge on any atom is -0.397 e. The average molecular weight is 624 g/mol. The molecule has 3 nitrogen and oxygen atoms in total. The van der Waals surface area contributed by atoms with Crippen LogP contribution in [-0.4, -0.2) is 0 Å². The van der Waals surface area contributed by atoms with Gasteiger partial charge in [0.25, 0.3) is 0 Å². The average Bonchev–Trinajstić information content (AvgIpc) is 3.25. The summed E-state index contributed by atoms with van der Waals surface area (Å²) >= 11 is 0. The van der Waals surface area contributed by atoms with Crippen molar-refractivity contribution in [2.24, 2.45) is 0 Å². The van der Waals surface area contributed by atoms with E-state index in [1.807, 2.05) is 6.07 Å². The number of hydrogen-bond donors (Lipinski definition) is 2. The number of hydrogen-bond acceptors (Lipinski definition) is 3. The number of nitrogens with zero attached hydrogens (tertiary/aromatic N) is 1. The van der Waals surface area contributed by atoms with E-state index in [4.69, 9.17) is 11.5 Å². The molecule has 0 saturated heterocycles. The zero-order valence-electron chi connectivity index (χ0n) is 28.1. The van der Waals surface area contributed by atoms with Gasteiger partial charge in [0.2, 0.25) is 0 Å². The quantitative estimate of drug-likeness (QED) is 0.179. The summed E-state index contributed by atoms with van der Waals surface area (Å²) in [6.45, 7) is 9.40. The lowest BCUT2D eigenvalue weighted by Gasteiger charge is -2.49. The largest absolute Gasteiger partial charge is 0.397 e. The van der Waals surface area contributed by atoms with E-state index in [-0.39, 0.29) is 10.8 Å². The van der Waals surface area contributed by atoms with Crippen LogP contribution in [0.2, 0.25) is 0 Å². The Balaban J connectivity index is 1.38. The van der Waals surface area contributed by atoms with Crippen molar-refractivity contribution in [1.82, 2.24) is 0 Å². The van der Waals surface area contributed by atoms with Gasteiger partial charge in [-0.15, -0.1) is 0 Å². The van der Waals surface area contributed by atoms with Gasteiger partial charge in [-0.3, -0.25) is 0 Å². The lowest BCUT2D eigenvalue weighted by atomic mass is 9.53. The maximum atomic E-state index is 7.16. The Morgan fingerprint density at radius 3 is 1.54 bits per heavy atom. The maximum Gasteiger partial charge on any atom is 0.0733 e. The predicted octanol–water partition coefficient (Wildman–Crippen LogP) is 10.1. The summed E-state index contributed by atoms with van der Waals surface area (Å²) in [5, 5.41) is 0.